The molecule has 0 aliphatic heterocycles. The maximum atomic E-state index is 10.4. The van der Waals surface area contributed by atoms with E-state index in [1.807, 2.05) is 25.1 Å². The Morgan fingerprint density at radius 2 is 2.22 bits per heavy atom. The zero-order valence-corrected chi connectivity index (χ0v) is 10.6. The van der Waals surface area contributed by atoms with Crippen molar-refractivity contribution in [3.05, 3.63) is 23.8 Å². The molecule has 1 rings (SSSR count). The van der Waals surface area contributed by atoms with Crippen molar-refractivity contribution in [3.8, 4) is 5.75 Å². The zero-order chi connectivity index (χ0) is 13.5. The van der Waals surface area contributed by atoms with Gasteiger partial charge < -0.3 is 20.3 Å². The first kappa shape index (κ1) is 14.3. The number of methoxy groups -OCH3 is 1. The van der Waals surface area contributed by atoms with Crippen molar-refractivity contribution in [1.82, 2.24) is 0 Å². The molecule has 18 heavy (non-hydrogen) atoms. The molecule has 0 aliphatic rings. The summed E-state index contributed by atoms with van der Waals surface area (Å²) in [4.78, 5) is 10.4. The third-order valence-corrected chi connectivity index (χ3v) is 2.57. The van der Waals surface area contributed by atoms with E-state index in [-0.39, 0.29) is 12.8 Å². The van der Waals surface area contributed by atoms with Crippen LogP contribution < -0.4 is 10.1 Å². The van der Waals surface area contributed by atoms with Gasteiger partial charge in [-0.15, -0.1) is 0 Å². The second-order valence-corrected chi connectivity index (χ2v) is 4.17. The Balaban J connectivity index is 2.52. The van der Waals surface area contributed by atoms with Gasteiger partial charge in [0.25, 0.3) is 0 Å². The minimum absolute atomic E-state index is 0.0339. The molecule has 0 spiro atoms. The van der Waals surface area contributed by atoms with Crippen LogP contribution in [0.25, 0.3) is 0 Å². The van der Waals surface area contributed by atoms with Gasteiger partial charge in [-0.05, 0) is 31.0 Å². The highest BCUT2D eigenvalue weighted by Crippen LogP contribution is 2.25. The van der Waals surface area contributed by atoms with E-state index in [9.17, 15) is 9.90 Å². The highest BCUT2D eigenvalue weighted by molar-refractivity contribution is 5.66. The molecule has 0 heterocycles. The fraction of sp³-hybridized carbons (Fsp3) is 0.462. The number of rotatable bonds is 7. The number of nitrogens with one attached hydrogen (secondary N) is 1. The van der Waals surface area contributed by atoms with Gasteiger partial charge in [0.1, 0.15) is 5.75 Å². The van der Waals surface area contributed by atoms with Crippen LogP contribution in [0, 0.1) is 6.92 Å². The lowest BCUT2D eigenvalue weighted by Crippen LogP contribution is -2.20. The topological polar surface area (TPSA) is 78.8 Å². The summed E-state index contributed by atoms with van der Waals surface area (Å²) in [6, 6.07) is 5.70. The molecule has 0 aliphatic carbocycles. The molecular formula is C13H19NO4. The van der Waals surface area contributed by atoms with Crippen LogP contribution >= 0.6 is 0 Å². The molecule has 3 N–H and O–H groups in total. The normalized spacial score (nSPS) is 11.9. The predicted octanol–water partition coefficient (Wildman–Crippen LogP) is 1.64. The number of aliphatic hydroxyl groups excluding tert-OH is 1. The quantitative estimate of drug-likeness (QED) is 0.688. The average molecular weight is 253 g/mol. The standard InChI is InChI=1S/C13H19NO4/c1-9-3-5-12(18-2)11(7-9)14-8-10(15)4-6-13(16)17/h3,5,7,10,14-15H,4,6,8H2,1-2H3,(H,16,17). The maximum absolute atomic E-state index is 10.4. The number of hydrogen-bond donors (Lipinski definition) is 3. The molecule has 0 bridgehead atoms. The van der Waals surface area contributed by atoms with E-state index < -0.39 is 12.1 Å². The molecular weight excluding hydrogens is 234 g/mol. The molecule has 0 saturated carbocycles. The van der Waals surface area contributed by atoms with Gasteiger partial charge in [-0.1, -0.05) is 6.07 Å². The van der Waals surface area contributed by atoms with E-state index in [4.69, 9.17) is 9.84 Å². The molecule has 0 fully saturated rings. The molecule has 5 heteroatoms. The van der Waals surface area contributed by atoms with Crippen molar-refractivity contribution >= 4 is 11.7 Å². The largest absolute Gasteiger partial charge is 0.495 e. The molecule has 0 amide bonds. The Labute approximate surface area is 106 Å². The van der Waals surface area contributed by atoms with Crippen molar-refractivity contribution in [2.75, 3.05) is 19.0 Å². The van der Waals surface area contributed by atoms with E-state index in [0.29, 0.717) is 12.3 Å². The van der Waals surface area contributed by atoms with Crippen molar-refractivity contribution in [3.63, 3.8) is 0 Å². The van der Waals surface area contributed by atoms with Crippen LogP contribution in [-0.4, -0.2) is 35.9 Å². The Morgan fingerprint density at radius 1 is 1.50 bits per heavy atom. The summed E-state index contributed by atoms with van der Waals surface area (Å²) in [5.41, 5.74) is 1.88. The number of aryl methyl sites for hydroxylation is 1. The van der Waals surface area contributed by atoms with Crippen LogP contribution in [0.4, 0.5) is 5.69 Å². The lowest BCUT2D eigenvalue weighted by atomic mass is 10.1. The second-order valence-electron chi connectivity index (χ2n) is 4.17. The highest BCUT2D eigenvalue weighted by Gasteiger charge is 2.09. The fourth-order valence-electron chi connectivity index (χ4n) is 1.58. The smallest absolute Gasteiger partial charge is 0.303 e. The summed E-state index contributed by atoms with van der Waals surface area (Å²) in [6.07, 6.45) is -0.490. The van der Waals surface area contributed by atoms with Crippen molar-refractivity contribution in [2.45, 2.75) is 25.9 Å². The Morgan fingerprint density at radius 3 is 2.83 bits per heavy atom. The van der Waals surface area contributed by atoms with E-state index in [0.717, 1.165) is 11.3 Å². The van der Waals surface area contributed by atoms with Gasteiger partial charge in [0, 0.05) is 13.0 Å². The molecule has 1 aromatic carbocycles. The molecule has 0 saturated heterocycles. The van der Waals surface area contributed by atoms with Gasteiger partial charge in [0.2, 0.25) is 0 Å². The lowest BCUT2D eigenvalue weighted by molar-refractivity contribution is -0.137. The summed E-state index contributed by atoms with van der Waals surface area (Å²) >= 11 is 0. The summed E-state index contributed by atoms with van der Waals surface area (Å²) < 4.78 is 5.19. The van der Waals surface area contributed by atoms with Crippen molar-refractivity contribution < 1.29 is 19.7 Å². The summed E-state index contributed by atoms with van der Waals surface area (Å²) in [6.45, 7) is 2.26. The average Bonchev–Trinajstić information content (AvgIpc) is 2.34. The number of carboxylic acids is 1. The molecule has 5 nitrogen and oxygen atoms in total. The number of carbonyl (C=O) groups is 1. The Hall–Kier alpha value is -1.75. The second kappa shape index (κ2) is 6.86. The summed E-state index contributed by atoms with van der Waals surface area (Å²) in [5, 5.41) is 21.2. The lowest BCUT2D eigenvalue weighted by Gasteiger charge is -2.15. The highest BCUT2D eigenvalue weighted by atomic mass is 16.5. The summed E-state index contributed by atoms with van der Waals surface area (Å²) in [5.74, 6) is -0.201. The van der Waals surface area contributed by atoms with Gasteiger partial charge in [-0.3, -0.25) is 4.79 Å². The number of aliphatic hydroxyl groups is 1. The van der Waals surface area contributed by atoms with Gasteiger partial charge in [0.15, 0.2) is 0 Å². The zero-order valence-electron chi connectivity index (χ0n) is 10.6. The maximum Gasteiger partial charge on any atom is 0.303 e. The molecule has 0 radical (unpaired) electrons. The van der Waals surface area contributed by atoms with Gasteiger partial charge in [-0.25, -0.2) is 0 Å². The third kappa shape index (κ3) is 4.63. The van der Waals surface area contributed by atoms with E-state index >= 15 is 0 Å². The van der Waals surface area contributed by atoms with Crippen LogP contribution in [0.3, 0.4) is 0 Å². The summed E-state index contributed by atoms with van der Waals surface area (Å²) in [7, 11) is 1.58. The number of aliphatic carboxylic acids is 1. The molecule has 1 unspecified atom stereocenters. The number of anilines is 1. The van der Waals surface area contributed by atoms with Crippen LogP contribution in [-0.2, 0) is 4.79 Å². The molecule has 1 aromatic rings. The SMILES string of the molecule is COc1ccc(C)cc1NCC(O)CCC(=O)O. The third-order valence-electron chi connectivity index (χ3n) is 2.57. The molecule has 0 aromatic heterocycles. The number of ether oxygens (including phenoxy) is 1. The van der Waals surface area contributed by atoms with Gasteiger partial charge in [0.05, 0.1) is 18.9 Å². The van der Waals surface area contributed by atoms with Crippen molar-refractivity contribution in [2.24, 2.45) is 0 Å². The Kier molecular flexibility index (Phi) is 5.45. The minimum atomic E-state index is -0.901. The van der Waals surface area contributed by atoms with Gasteiger partial charge >= 0.3 is 5.97 Å². The fourth-order valence-corrected chi connectivity index (χ4v) is 1.58. The first-order chi connectivity index (χ1) is 8.52. The van der Waals surface area contributed by atoms with Gasteiger partial charge in [-0.2, -0.15) is 0 Å². The molecule has 100 valence electrons. The Bertz CT molecular complexity index is 406. The van der Waals surface area contributed by atoms with Crippen molar-refractivity contribution in [1.29, 1.82) is 0 Å². The van der Waals surface area contributed by atoms with E-state index in [1.54, 1.807) is 7.11 Å². The minimum Gasteiger partial charge on any atom is -0.495 e. The number of benzene rings is 1. The van der Waals surface area contributed by atoms with Crippen LogP contribution in [0.15, 0.2) is 18.2 Å². The van der Waals surface area contributed by atoms with Crippen LogP contribution in [0.5, 0.6) is 5.75 Å². The predicted molar refractivity (Wildman–Crippen MR) is 69.1 cm³/mol. The van der Waals surface area contributed by atoms with E-state index in [1.165, 1.54) is 0 Å². The van der Waals surface area contributed by atoms with E-state index in [2.05, 4.69) is 5.32 Å². The number of carboxylic acid groups (broad SMARTS) is 1. The first-order valence-corrected chi connectivity index (χ1v) is 5.81. The monoisotopic (exact) mass is 253 g/mol. The molecule has 1 atom stereocenters. The number of hydrogen-bond acceptors (Lipinski definition) is 4. The first-order valence-electron chi connectivity index (χ1n) is 5.81. The van der Waals surface area contributed by atoms with Crippen LogP contribution in [0.2, 0.25) is 0 Å². The van der Waals surface area contributed by atoms with Crippen LogP contribution in [0.1, 0.15) is 18.4 Å².